The SMILES string of the molecule is C=CC(C)C(OC)C(=O)O. The average molecular weight is 144 g/mol. The van der Waals surface area contributed by atoms with Crippen molar-refractivity contribution in [3.8, 4) is 0 Å². The Bertz CT molecular complexity index is 131. The molecule has 0 aliphatic carbocycles. The lowest BCUT2D eigenvalue weighted by Gasteiger charge is -2.13. The van der Waals surface area contributed by atoms with Crippen LogP contribution in [0.4, 0.5) is 0 Å². The second-order valence-electron chi connectivity index (χ2n) is 2.09. The zero-order valence-corrected chi connectivity index (χ0v) is 6.20. The normalized spacial score (nSPS) is 15.8. The van der Waals surface area contributed by atoms with Crippen molar-refractivity contribution in [3.63, 3.8) is 0 Å². The molecule has 0 rings (SSSR count). The summed E-state index contributed by atoms with van der Waals surface area (Å²) in [4.78, 5) is 10.4. The van der Waals surface area contributed by atoms with Gasteiger partial charge in [-0.05, 0) is 0 Å². The van der Waals surface area contributed by atoms with E-state index in [-0.39, 0.29) is 5.92 Å². The predicted molar refractivity (Wildman–Crippen MR) is 37.8 cm³/mol. The molecule has 0 spiro atoms. The number of ether oxygens (including phenoxy) is 1. The van der Waals surface area contributed by atoms with Gasteiger partial charge in [0.1, 0.15) is 0 Å². The van der Waals surface area contributed by atoms with E-state index in [0.717, 1.165) is 0 Å². The van der Waals surface area contributed by atoms with Crippen molar-refractivity contribution in [2.24, 2.45) is 5.92 Å². The summed E-state index contributed by atoms with van der Waals surface area (Å²) in [6.07, 6.45) is 0.792. The van der Waals surface area contributed by atoms with Gasteiger partial charge in [-0.2, -0.15) is 0 Å². The summed E-state index contributed by atoms with van der Waals surface area (Å²) >= 11 is 0. The number of hydrogen-bond donors (Lipinski definition) is 1. The monoisotopic (exact) mass is 144 g/mol. The van der Waals surface area contributed by atoms with Gasteiger partial charge in [-0.1, -0.05) is 13.0 Å². The van der Waals surface area contributed by atoms with Crippen molar-refractivity contribution in [2.75, 3.05) is 7.11 Å². The first-order chi connectivity index (χ1) is 4.63. The Hall–Kier alpha value is -0.830. The molecule has 0 aromatic heterocycles. The Morgan fingerprint density at radius 3 is 2.40 bits per heavy atom. The largest absolute Gasteiger partial charge is 0.479 e. The highest BCUT2D eigenvalue weighted by Gasteiger charge is 2.20. The van der Waals surface area contributed by atoms with Crippen LogP contribution in [0, 0.1) is 5.92 Å². The third-order valence-electron chi connectivity index (χ3n) is 1.35. The Balaban J connectivity index is 4.05. The molecule has 3 heteroatoms. The van der Waals surface area contributed by atoms with Crippen LogP contribution < -0.4 is 0 Å². The minimum absolute atomic E-state index is 0.150. The number of aliphatic carboxylic acids is 1. The van der Waals surface area contributed by atoms with E-state index in [4.69, 9.17) is 9.84 Å². The molecule has 0 bridgehead atoms. The lowest BCUT2D eigenvalue weighted by Crippen LogP contribution is -2.28. The first-order valence-corrected chi connectivity index (χ1v) is 3.01. The zero-order valence-electron chi connectivity index (χ0n) is 6.20. The van der Waals surface area contributed by atoms with Gasteiger partial charge in [-0.15, -0.1) is 6.58 Å². The smallest absolute Gasteiger partial charge is 0.333 e. The molecule has 0 heterocycles. The topological polar surface area (TPSA) is 46.5 Å². The fourth-order valence-electron chi connectivity index (χ4n) is 0.664. The van der Waals surface area contributed by atoms with Gasteiger partial charge in [0.05, 0.1) is 0 Å². The molecular formula is C7H12O3. The van der Waals surface area contributed by atoms with Crippen molar-refractivity contribution < 1.29 is 14.6 Å². The van der Waals surface area contributed by atoms with Crippen LogP contribution in [0.3, 0.4) is 0 Å². The molecule has 0 amide bonds. The number of carboxylic acids is 1. The van der Waals surface area contributed by atoms with E-state index in [0.29, 0.717) is 0 Å². The Morgan fingerprint density at radius 2 is 2.30 bits per heavy atom. The molecule has 1 N–H and O–H groups in total. The molecule has 10 heavy (non-hydrogen) atoms. The molecule has 0 fully saturated rings. The van der Waals surface area contributed by atoms with Gasteiger partial charge in [-0.25, -0.2) is 4.79 Å². The van der Waals surface area contributed by atoms with Gasteiger partial charge >= 0.3 is 5.97 Å². The van der Waals surface area contributed by atoms with E-state index in [2.05, 4.69) is 6.58 Å². The number of carboxylic acid groups (broad SMARTS) is 1. The van der Waals surface area contributed by atoms with Crippen LogP contribution in [-0.2, 0) is 9.53 Å². The summed E-state index contributed by atoms with van der Waals surface area (Å²) in [6.45, 7) is 5.21. The van der Waals surface area contributed by atoms with Gasteiger partial charge in [0, 0.05) is 13.0 Å². The van der Waals surface area contributed by atoms with Crippen molar-refractivity contribution >= 4 is 5.97 Å². The standard InChI is InChI=1S/C7H12O3/c1-4-5(2)6(10-3)7(8)9/h4-6H,1H2,2-3H3,(H,8,9). The quantitative estimate of drug-likeness (QED) is 0.596. The van der Waals surface area contributed by atoms with Gasteiger partial charge in [-0.3, -0.25) is 0 Å². The minimum Gasteiger partial charge on any atom is -0.479 e. The number of methoxy groups -OCH3 is 1. The minimum atomic E-state index is -0.949. The second kappa shape index (κ2) is 4.06. The Labute approximate surface area is 60.3 Å². The van der Waals surface area contributed by atoms with E-state index >= 15 is 0 Å². The van der Waals surface area contributed by atoms with Gasteiger partial charge in [0.25, 0.3) is 0 Å². The molecule has 0 radical (unpaired) electrons. The van der Waals surface area contributed by atoms with Gasteiger partial charge < -0.3 is 9.84 Å². The highest BCUT2D eigenvalue weighted by molar-refractivity contribution is 5.72. The summed E-state index contributed by atoms with van der Waals surface area (Å²) in [5.41, 5.74) is 0. The first kappa shape index (κ1) is 9.17. The number of hydrogen-bond acceptors (Lipinski definition) is 2. The molecule has 3 nitrogen and oxygen atoms in total. The van der Waals surface area contributed by atoms with E-state index < -0.39 is 12.1 Å². The van der Waals surface area contributed by atoms with Crippen LogP contribution in [0.5, 0.6) is 0 Å². The molecule has 0 saturated heterocycles. The third-order valence-corrected chi connectivity index (χ3v) is 1.35. The summed E-state index contributed by atoms with van der Waals surface area (Å²) < 4.78 is 4.69. The summed E-state index contributed by atoms with van der Waals surface area (Å²) in [5, 5.41) is 8.50. The lowest BCUT2D eigenvalue weighted by atomic mass is 10.1. The van der Waals surface area contributed by atoms with Crippen LogP contribution in [-0.4, -0.2) is 24.3 Å². The molecule has 0 aromatic carbocycles. The molecule has 0 saturated carbocycles. The van der Waals surface area contributed by atoms with Crippen LogP contribution in [0.15, 0.2) is 12.7 Å². The third kappa shape index (κ3) is 2.19. The molecule has 0 aliphatic rings. The maximum atomic E-state index is 10.4. The Morgan fingerprint density at radius 1 is 1.80 bits per heavy atom. The van der Waals surface area contributed by atoms with E-state index in [1.54, 1.807) is 13.0 Å². The van der Waals surface area contributed by atoms with Crippen molar-refractivity contribution in [1.29, 1.82) is 0 Å². The lowest BCUT2D eigenvalue weighted by molar-refractivity contribution is -0.150. The number of rotatable bonds is 4. The summed E-state index contributed by atoms with van der Waals surface area (Å²) in [5.74, 6) is -1.10. The predicted octanol–water partition coefficient (Wildman–Crippen LogP) is 0.908. The molecule has 0 aromatic rings. The van der Waals surface area contributed by atoms with Gasteiger partial charge in [0.15, 0.2) is 6.10 Å². The summed E-state index contributed by atoms with van der Waals surface area (Å²) in [6, 6.07) is 0. The molecule has 0 aliphatic heterocycles. The van der Waals surface area contributed by atoms with E-state index in [1.165, 1.54) is 7.11 Å². The van der Waals surface area contributed by atoms with Crippen LogP contribution in [0.1, 0.15) is 6.92 Å². The molecule has 2 atom stereocenters. The van der Waals surface area contributed by atoms with E-state index in [9.17, 15) is 4.79 Å². The highest BCUT2D eigenvalue weighted by atomic mass is 16.5. The molecule has 2 unspecified atom stereocenters. The maximum absolute atomic E-state index is 10.4. The molecule has 58 valence electrons. The zero-order chi connectivity index (χ0) is 8.15. The highest BCUT2D eigenvalue weighted by Crippen LogP contribution is 2.06. The average Bonchev–Trinajstić information content (AvgIpc) is 1.88. The molecular weight excluding hydrogens is 132 g/mol. The fourth-order valence-corrected chi connectivity index (χ4v) is 0.664. The van der Waals surface area contributed by atoms with Crippen LogP contribution >= 0.6 is 0 Å². The van der Waals surface area contributed by atoms with E-state index in [1.807, 2.05) is 0 Å². The van der Waals surface area contributed by atoms with Crippen molar-refractivity contribution in [3.05, 3.63) is 12.7 Å². The number of carbonyl (C=O) groups is 1. The van der Waals surface area contributed by atoms with Crippen molar-refractivity contribution in [2.45, 2.75) is 13.0 Å². The Kier molecular flexibility index (Phi) is 3.72. The van der Waals surface area contributed by atoms with Crippen LogP contribution in [0.2, 0.25) is 0 Å². The van der Waals surface area contributed by atoms with Crippen LogP contribution in [0.25, 0.3) is 0 Å². The van der Waals surface area contributed by atoms with Crippen molar-refractivity contribution in [1.82, 2.24) is 0 Å². The second-order valence-corrected chi connectivity index (χ2v) is 2.09. The fraction of sp³-hybridized carbons (Fsp3) is 0.571. The summed E-state index contributed by atoms with van der Waals surface area (Å²) in [7, 11) is 1.37. The van der Waals surface area contributed by atoms with Gasteiger partial charge in [0.2, 0.25) is 0 Å². The first-order valence-electron chi connectivity index (χ1n) is 3.01. The maximum Gasteiger partial charge on any atom is 0.333 e.